The highest BCUT2D eigenvalue weighted by Gasteiger charge is 2.17. The monoisotopic (exact) mass is 234 g/mol. The summed E-state index contributed by atoms with van der Waals surface area (Å²) >= 11 is 0. The summed E-state index contributed by atoms with van der Waals surface area (Å²) in [5, 5.41) is 2.87. The summed E-state index contributed by atoms with van der Waals surface area (Å²) in [6, 6.07) is 3.71. The minimum atomic E-state index is -0.0547. The van der Waals surface area contributed by atoms with Gasteiger partial charge in [-0.15, -0.1) is 0 Å². The molecule has 0 spiro atoms. The van der Waals surface area contributed by atoms with Crippen LogP contribution in [0.5, 0.6) is 0 Å². The number of aromatic nitrogens is 1. The third kappa shape index (κ3) is 2.94. The molecule has 0 saturated carbocycles. The summed E-state index contributed by atoms with van der Waals surface area (Å²) in [7, 11) is 0. The molecular formula is C12H18N4O. The molecule has 0 unspecified atom stereocenters. The summed E-state index contributed by atoms with van der Waals surface area (Å²) < 4.78 is 0. The van der Waals surface area contributed by atoms with Crippen molar-refractivity contribution in [1.29, 1.82) is 0 Å². The second-order valence-electron chi connectivity index (χ2n) is 4.16. The SMILES string of the molecule is NCCC(=O)Nc1cccnc1N1CCCC1. The second-order valence-corrected chi connectivity index (χ2v) is 4.16. The summed E-state index contributed by atoms with van der Waals surface area (Å²) in [6.45, 7) is 2.39. The number of nitrogens with one attached hydrogen (secondary N) is 1. The zero-order valence-corrected chi connectivity index (χ0v) is 9.85. The number of hydrogen-bond acceptors (Lipinski definition) is 4. The van der Waals surface area contributed by atoms with Crippen molar-refractivity contribution in [2.45, 2.75) is 19.3 Å². The average molecular weight is 234 g/mol. The Hall–Kier alpha value is -1.62. The van der Waals surface area contributed by atoms with Crippen molar-refractivity contribution < 1.29 is 4.79 Å². The van der Waals surface area contributed by atoms with Crippen LogP contribution in [0, 0.1) is 0 Å². The molecule has 1 aromatic rings. The van der Waals surface area contributed by atoms with Gasteiger partial charge in [0, 0.05) is 32.3 Å². The quantitative estimate of drug-likeness (QED) is 0.814. The molecule has 17 heavy (non-hydrogen) atoms. The average Bonchev–Trinajstić information content (AvgIpc) is 2.83. The Morgan fingerprint density at radius 2 is 2.24 bits per heavy atom. The van der Waals surface area contributed by atoms with Crippen molar-refractivity contribution in [3.8, 4) is 0 Å². The van der Waals surface area contributed by atoms with E-state index < -0.39 is 0 Å². The smallest absolute Gasteiger partial charge is 0.225 e. The molecule has 1 aliphatic rings. The number of anilines is 2. The van der Waals surface area contributed by atoms with E-state index in [0.717, 1.165) is 24.6 Å². The molecule has 2 rings (SSSR count). The molecule has 5 heteroatoms. The van der Waals surface area contributed by atoms with Crippen molar-refractivity contribution in [2.75, 3.05) is 29.9 Å². The van der Waals surface area contributed by atoms with Crippen LogP contribution in [-0.2, 0) is 4.79 Å². The summed E-state index contributed by atoms with van der Waals surface area (Å²) in [4.78, 5) is 18.1. The normalized spacial score (nSPS) is 15.0. The lowest BCUT2D eigenvalue weighted by Crippen LogP contribution is -2.23. The molecule has 0 bridgehead atoms. The molecule has 1 aliphatic heterocycles. The van der Waals surface area contributed by atoms with Crippen LogP contribution in [-0.4, -0.2) is 30.5 Å². The minimum absolute atomic E-state index is 0.0547. The Bertz CT molecular complexity index is 388. The zero-order valence-electron chi connectivity index (χ0n) is 9.85. The van der Waals surface area contributed by atoms with Crippen molar-refractivity contribution in [2.24, 2.45) is 5.73 Å². The van der Waals surface area contributed by atoms with E-state index in [0.29, 0.717) is 13.0 Å². The molecule has 2 heterocycles. The van der Waals surface area contributed by atoms with E-state index in [-0.39, 0.29) is 5.91 Å². The number of amides is 1. The Morgan fingerprint density at radius 3 is 2.94 bits per heavy atom. The van der Waals surface area contributed by atoms with Crippen molar-refractivity contribution in [3.05, 3.63) is 18.3 Å². The van der Waals surface area contributed by atoms with Crippen molar-refractivity contribution in [3.63, 3.8) is 0 Å². The second kappa shape index (κ2) is 5.63. The molecule has 1 saturated heterocycles. The van der Waals surface area contributed by atoms with Gasteiger partial charge in [-0.3, -0.25) is 4.79 Å². The van der Waals surface area contributed by atoms with Gasteiger partial charge in [0.2, 0.25) is 5.91 Å². The van der Waals surface area contributed by atoms with E-state index in [1.807, 2.05) is 12.1 Å². The number of nitrogens with zero attached hydrogens (tertiary/aromatic N) is 2. The fourth-order valence-electron chi connectivity index (χ4n) is 2.02. The predicted octanol–water partition coefficient (Wildman–Crippen LogP) is 0.969. The van der Waals surface area contributed by atoms with Gasteiger partial charge in [-0.25, -0.2) is 4.98 Å². The van der Waals surface area contributed by atoms with Crippen molar-refractivity contribution >= 4 is 17.4 Å². The van der Waals surface area contributed by atoms with Crippen LogP contribution in [0.1, 0.15) is 19.3 Å². The Kier molecular flexibility index (Phi) is 3.93. The third-order valence-electron chi connectivity index (χ3n) is 2.84. The first-order chi connectivity index (χ1) is 8.31. The van der Waals surface area contributed by atoms with E-state index in [1.54, 1.807) is 6.20 Å². The molecule has 1 aromatic heterocycles. The maximum atomic E-state index is 11.5. The highest BCUT2D eigenvalue weighted by molar-refractivity contribution is 5.93. The summed E-state index contributed by atoms with van der Waals surface area (Å²) in [5.74, 6) is 0.816. The Labute approximate surface area is 101 Å². The van der Waals surface area contributed by atoms with Crippen LogP contribution in [0.4, 0.5) is 11.5 Å². The lowest BCUT2D eigenvalue weighted by atomic mass is 10.3. The Morgan fingerprint density at radius 1 is 1.47 bits per heavy atom. The van der Waals surface area contributed by atoms with Gasteiger partial charge in [-0.05, 0) is 25.0 Å². The molecule has 5 nitrogen and oxygen atoms in total. The van der Waals surface area contributed by atoms with Crippen LogP contribution < -0.4 is 16.0 Å². The highest BCUT2D eigenvalue weighted by Crippen LogP contribution is 2.25. The molecule has 0 aliphatic carbocycles. The van der Waals surface area contributed by atoms with Crippen LogP contribution in [0.25, 0.3) is 0 Å². The van der Waals surface area contributed by atoms with Gasteiger partial charge in [0.1, 0.15) is 0 Å². The number of hydrogen-bond donors (Lipinski definition) is 2. The largest absolute Gasteiger partial charge is 0.355 e. The number of carbonyl (C=O) groups is 1. The number of carbonyl (C=O) groups excluding carboxylic acids is 1. The summed E-state index contributed by atoms with van der Waals surface area (Å²) in [6.07, 6.45) is 4.47. The van der Waals surface area contributed by atoms with Gasteiger partial charge in [-0.1, -0.05) is 0 Å². The van der Waals surface area contributed by atoms with Gasteiger partial charge >= 0.3 is 0 Å². The van der Waals surface area contributed by atoms with Crippen molar-refractivity contribution in [1.82, 2.24) is 4.98 Å². The van der Waals surface area contributed by atoms with Gasteiger partial charge in [0.05, 0.1) is 5.69 Å². The van der Waals surface area contributed by atoms with Crippen LogP contribution >= 0.6 is 0 Å². The maximum Gasteiger partial charge on any atom is 0.225 e. The molecular weight excluding hydrogens is 216 g/mol. The minimum Gasteiger partial charge on any atom is -0.355 e. The van der Waals surface area contributed by atoms with E-state index in [9.17, 15) is 4.79 Å². The fraction of sp³-hybridized carbons (Fsp3) is 0.500. The maximum absolute atomic E-state index is 11.5. The molecule has 0 aromatic carbocycles. The molecule has 92 valence electrons. The molecule has 1 amide bonds. The first kappa shape index (κ1) is 11.9. The van der Waals surface area contributed by atoms with Gasteiger partial charge in [0.15, 0.2) is 5.82 Å². The molecule has 0 radical (unpaired) electrons. The molecule has 3 N–H and O–H groups in total. The van der Waals surface area contributed by atoms with Gasteiger partial charge < -0.3 is 16.0 Å². The van der Waals surface area contributed by atoms with E-state index in [2.05, 4.69) is 15.2 Å². The first-order valence-corrected chi connectivity index (χ1v) is 6.01. The van der Waals surface area contributed by atoms with Crippen LogP contribution in [0.3, 0.4) is 0 Å². The number of rotatable bonds is 4. The van der Waals surface area contributed by atoms with E-state index >= 15 is 0 Å². The van der Waals surface area contributed by atoms with Gasteiger partial charge in [-0.2, -0.15) is 0 Å². The van der Waals surface area contributed by atoms with Crippen LogP contribution in [0.2, 0.25) is 0 Å². The predicted molar refractivity (Wildman–Crippen MR) is 68.0 cm³/mol. The lowest BCUT2D eigenvalue weighted by Gasteiger charge is -2.19. The van der Waals surface area contributed by atoms with Crippen LogP contribution in [0.15, 0.2) is 18.3 Å². The van der Waals surface area contributed by atoms with Gasteiger partial charge in [0.25, 0.3) is 0 Å². The highest BCUT2D eigenvalue weighted by atomic mass is 16.1. The third-order valence-corrected chi connectivity index (χ3v) is 2.84. The zero-order chi connectivity index (χ0) is 12.1. The fourth-order valence-corrected chi connectivity index (χ4v) is 2.02. The molecule has 0 atom stereocenters. The van der Waals surface area contributed by atoms with E-state index in [1.165, 1.54) is 12.8 Å². The summed E-state index contributed by atoms with van der Waals surface area (Å²) in [5.41, 5.74) is 6.14. The standard InChI is InChI=1S/C12H18N4O/c13-6-5-11(17)15-10-4-3-7-14-12(10)16-8-1-2-9-16/h3-4,7H,1-2,5-6,8-9,13H2,(H,15,17). The topological polar surface area (TPSA) is 71.2 Å². The number of nitrogens with two attached hydrogens (primary N) is 1. The molecule has 1 fully saturated rings. The first-order valence-electron chi connectivity index (χ1n) is 6.01. The Balaban J connectivity index is 2.12. The lowest BCUT2D eigenvalue weighted by molar-refractivity contribution is -0.116. The van der Waals surface area contributed by atoms with E-state index in [4.69, 9.17) is 5.73 Å². The number of pyridine rings is 1.